The molecule has 2 heterocycles. The molecule has 6 nitrogen and oxygen atoms in total. The summed E-state index contributed by atoms with van der Waals surface area (Å²) in [4.78, 5) is 19.5. The number of rotatable bonds is 6. The minimum absolute atomic E-state index is 0.278. The summed E-state index contributed by atoms with van der Waals surface area (Å²) in [7, 11) is 1.62. The first kappa shape index (κ1) is 20.3. The molecular formula is C24H26N2O4. The normalized spacial score (nSPS) is 14.7. The van der Waals surface area contributed by atoms with Gasteiger partial charge in [-0.05, 0) is 35.7 Å². The van der Waals surface area contributed by atoms with Crippen LogP contribution >= 0.6 is 0 Å². The van der Waals surface area contributed by atoms with E-state index in [0.717, 1.165) is 52.9 Å². The van der Waals surface area contributed by atoms with Crippen LogP contribution in [0.25, 0.3) is 22.0 Å². The molecule has 30 heavy (non-hydrogen) atoms. The molecule has 0 unspecified atom stereocenters. The number of hydrogen-bond acceptors (Lipinski definition) is 5. The zero-order valence-corrected chi connectivity index (χ0v) is 17.4. The molecule has 2 aromatic carbocycles. The van der Waals surface area contributed by atoms with Crippen molar-refractivity contribution in [2.75, 3.05) is 33.4 Å². The number of aromatic nitrogens is 1. The molecule has 0 bridgehead atoms. The van der Waals surface area contributed by atoms with Gasteiger partial charge in [-0.15, -0.1) is 0 Å². The van der Waals surface area contributed by atoms with Crippen molar-refractivity contribution in [3.8, 4) is 16.9 Å². The van der Waals surface area contributed by atoms with Crippen molar-refractivity contribution in [1.29, 1.82) is 0 Å². The van der Waals surface area contributed by atoms with E-state index in [0.29, 0.717) is 25.5 Å². The van der Waals surface area contributed by atoms with Crippen molar-refractivity contribution in [2.24, 2.45) is 0 Å². The summed E-state index contributed by atoms with van der Waals surface area (Å²) in [6, 6.07) is 13.6. The lowest BCUT2D eigenvalue weighted by Gasteiger charge is -2.27. The van der Waals surface area contributed by atoms with Crippen molar-refractivity contribution in [2.45, 2.75) is 19.9 Å². The van der Waals surface area contributed by atoms with E-state index in [4.69, 9.17) is 14.5 Å². The summed E-state index contributed by atoms with van der Waals surface area (Å²) >= 11 is 0. The highest BCUT2D eigenvalue weighted by Crippen LogP contribution is 2.36. The molecule has 1 saturated heterocycles. The number of fused-ring (bicyclic) bond motifs is 1. The number of nitrogens with zero attached hydrogens (tertiary/aromatic N) is 2. The maximum atomic E-state index is 12.5. The summed E-state index contributed by atoms with van der Waals surface area (Å²) in [6.45, 7) is 5.41. The number of carboxylic acid groups (broad SMARTS) is 1. The Morgan fingerprint density at radius 1 is 1.17 bits per heavy atom. The molecule has 6 heteroatoms. The van der Waals surface area contributed by atoms with Crippen LogP contribution < -0.4 is 4.74 Å². The standard InChI is InChI=1S/C24H26N2O4/c1-3-16-5-4-6-19-21(16)22(17-7-9-18(29-2)10-8-17)23(24(27)28)20(25-19)15-26-11-13-30-14-12-26/h4-10H,3,11-15H2,1-2H3,(H,27,28). The Kier molecular flexibility index (Phi) is 5.97. The van der Waals surface area contributed by atoms with E-state index in [1.54, 1.807) is 7.11 Å². The number of pyridine rings is 1. The van der Waals surface area contributed by atoms with Crippen LogP contribution in [0.2, 0.25) is 0 Å². The van der Waals surface area contributed by atoms with Gasteiger partial charge < -0.3 is 14.6 Å². The molecule has 0 amide bonds. The Morgan fingerprint density at radius 3 is 2.53 bits per heavy atom. The Bertz CT molecular complexity index is 1060. The van der Waals surface area contributed by atoms with Crippen molar-refractivity contribution >= 4 is 16.9 Å². The van der Waals surface area contributed by atoms with Gasteiger partial charge in [-0.25, -0.2) is 4.79 Å². The first-order valence-corrected chi connectivity index (χ1v) is 10.2. The molecule has 0 saturated carbocycles. The molecule has 1 aliphatic rings. The zero-order chi connectivity index (χ0) is 21.1. The molecular weight excluding hydrogens is 380 g/mol. The topological polar surface area (TPSA) is 71.9 Å². The van der Waals surface area contributed by atoms with Gasteiger partial charge in [-0.2, -0.15) is 0 Å². The van der Waals surface area contributed by atoms with Crippen LogP contribution in [0.5, 0.6) is 5.75 Å². The van der Waals surface area contributed by atoms with E-state index in [2.05, 4.69) is 11.8 Å². The van der Waals surface area contributed by atoms with Crippen LogP contribution in [0, 0.1) is 0 Å². The third-order valence-electron chi connectivity index (χ3n) is 5.62. The summed E-state index contributed by atoms with van der Waals surface area (Å²) in [6.07, 6.45) is 0.796. The molecule has 1 N–H and O–H groups in total. The van der Waals surface area contributed by atoms with Crippen LogP contribution in [0.1, 0.15) is 28.5 Å². The molecule has 0 atom stereocenters. The van der Waals surface area contributed by atoms with Crippen LogP contribution in [-0.4, -0.2) is 54.4 Å². The van der Waals surface area contributed by atoms with Gasteiger partial charge in [0.2, 0.25) is 0 Å². The first-order chi connectivity index (χ1) is 14.6. The molecule has 1 fully saturated rings. The Hall–Kier alpha value is -2.96. The van der Waals surface area contributed by atoms with Crippen molar-refractivity contribution in [3.63, 3.8) is 0 Å². The molecule has 0 radical (unpaired) electrons. The molecule has 0 aliphatic carbocycles. The number of aryl methyl sites for hydroxylation is 1. The highest BCUT2D eigenvalue weighted by Gasteiger charge is 2.25. The van der Waals surface area contributed by atoms with E-state index in [1.165, 1.54) is 0 Å². The van der Waals surface area contributed by atoms with Crippen LogP contribution in [-0.2, 0) is 17.7 Å². The van der Waals surface area contributed by atoms with Crippen molar-refractivity contribution in [1.82, 2.24) is 9.88 Å². The number of carboxylic acids is 1. The third-order valence-corrected chi connectivity index (χ3v) is 5.62. The lowest BCUT2D eigenvalue weighted by molar-refractivity contribution is 0.0334. The Morgan fingerprint density at radius 2 is 1.90 bits per heavy atom. The zero-order valence-electron chi connectivity index (χ0n) is 17.4. The number of methoxy groups -OCH3 is 1. The quantitative estimate of drug-likeness (QED) is 0.667. The minimum atomic E-state index is -0.954. The largest absolute Gasteiger partial charge is 0.497 e. The van der Waals surface area contributed by atoms with Crippen molar-refractivity contribution in [3.05, 3.63) is 59.3 Å². The van der Waals surface area contributed by atoms with Crippen LogP contribution in [0.15, 0.2) is 42.5 Å². The number of ether oxygens (including phenoxy) is 2. The SMILES string of the molecule is CCc1cccc2nc(CN3CCOCC3)c(C(=O)O)c(-c3ccc(OC)cc3)c12. The van der Waals surface area contributed by atoms with E-state index >= 15 is 0 Å². The predicted molar refractivity (Wildman–Crippen MR) is 116 cm³/mol. The predicted octanol–water partition coefficient (Wildman–Crippen LogP) is 4.00. The number of benzene rings is 2. The van der Waals surface area contributed by atoms with Gasteiger partial charge in [-0.3, -0.25) is 9.88 Å². The summed E-state index contributed by atoms with van der Waals surface area (Å²) in [5, 5.41) is 11.2. The fraction of sp³-hybridized carbons (Fsp3) is 0.333. The van der Waals surface area contributed by atoms with Gasteiger partial charge in [0.1, 0.15) is 5.75 Å². The second-order valence-electron chi connectivity index (χ2n) is 7.40. The number of morpholine rings is 1. The van der Waals surface area contributed by atoms with E-state index in [9.17, 15) is 9.90 Å². The van der Waals surface area contributed by atoms with E-state index in [-0.39, 0.29) is 5.56 Å². The minimum Gasteiger partial charge on any atom is -0.497 e. The maximum absolute atomic E-state index is 12.5. The highest BCUT2D eigenvalue weighted by molar-refractivity contribution is 6.08. The first-order valence-electron chi connectivity index (χ1n) is 10.2. The second kappa shape index (κ2) is 8.81. The average Bonchev–Trinajstić information content (AvgIpc) is 2.78. The average molecular weight is 406 g/mol. The smallest absolute Gasteiger partial charge is 0.338 e. The summed E-state index contributed by atoms with van der Waals surface area (Å²) in [5.74, 6) is -0.220. The lowest BCUT2D eigenvalue weighted by Crippen LogP contribution is -2.36. The van der Waals surface area contributed by atoms with E-state index in [1.807, 2.05) is 42.5 Å². The number of hydrogen-bond donors (Lipinski definition) is 1. The summed E-state index contributed by atoms with van der Waals surface area (Å²) in [5.41, 5.74) is 4.37. The third kappa shape index (κ3) is 3.88. The lowest BCUT2D eigenvalue weighted by atomic mass is 9.90. The molecule has 1 aliphatic heterocycles. The Labute approximate surface area is 176 Å². The summed E-state index contributed by atoms with van der Waals surface area (Å²) < 4.78 is 10.7. The molecule has 4 rings (SSSR count). The molecule has 0 spiro atoms. The van der Waals surface area contributed by atoms with E-state index < -0.39 is 5.97 Å². The van der Waals surface area contributed by atoms with Gasteiger partial charge in [0.05, 0.1) is 37.1 Å². The highest BCUT2D eigenvalue weighted by atomic mass is 16.5. The Balaban J connectivity index is 1.98. The van der Waals surface area contributed by atoms with Gasteiger partial charge in [0.25, 0.3) is 0 Å². The molecule has 156 valence electrons. The van der Waals surface area contributed by atoms with Gasteiger partial charge in [0.15, 0.2) is 0 Å². The van der Waals surface area contributed by atoms with Crippen molar-refractivity contribution < 1.29 is 19.4 Å². The maximum Gasteiger partial charge on any atom is 0.338 e. The number of aromatic carboxylic acids is 1. The fourth-order valence-electron chi connectivity index (χ4n) is 4.10. The van der Waals surface area contributed by atoms with Gasteiger partial charge in [-0.1, -0.05) is 31.2 Å². The van der Waals surface area contributed by atoms with Gasteiger partial charge in [0, 0.05) is 30.6 Å². The van der Waals surface area contributed by atoms with Gasteiger partial charge >= 0.3 is 5.97 Å². The monoisotopic (exact) mass is 406 g/mol. The van der Waals surface area contributed by atoms with Crippen LogP contribution in [0.4, 0.5) is 0 Å². The number of carbonyl (C=O) groups is 1. The second-order valence-corrected chi connectivity index (χ2v) is 7.40. The molecule has 3 aromatic rings. The van der Waals surface area contributed by atoms with Crippen LogP contribution in [0.3, 0.4) is 0 Å². The fourth-order valence-corrected chi connectivity index (χ4v) is 4.10. The molecule has 1 aromatic heterocycles.